The summed E-state index contributed by atoms with van der Waals surface area (Å²) in [5, 5.41) is 9.39. The zero-order valence-electron chi connectivity index (χ0n) is 9.68. The fraction of sp³-hybridized carbons (Fsp3) is 0.0714. The summed E-state index contributed by atoms with van der Waals surface area (Å²) in [5.74, 6) is 0.181. The highest BCUT2D eigenvalue weighted by Crippen LogP contribution is 2.30. The molecule has 4 heteroatoms. The van der Waals surface area contributed by atoms with Crippen LogP contribution in [0.3, 0.4) is 0 Å². The number of carbonyl (C=O) groups is 1. The Bertz CT molecular complexity index is 593. The van der Waals surface area contributed by atoms with Gasteiger partial charge in [0.15, 0.2) is 0 Å². The van der Waals surface area contributed by atoms with E-state index in [1.165, 1.54) is 6.07 Å². The average molecular weight is 263 g/mol. The van der Waals surface area contributed by atoms with Gasteiger partial charge in [-0.05, 0) is 42.8 Å². The molecule has 3 nitrogen and oxygen atoms in total. The second-order valence-corrected chi connectivity index (χ2v) is 4.23. The molecule has 0 aliphatic heterocycles. The van der Waals surface area contributed by atoms with Crippen LogP contribution in [0.4, 0.5) is 0 Å². The lowest BCUT2D eigenvalue weighted by Gasteiger charge is -2.10. The molecule has 0 aromatic heterocycles. The van der Waals surface area contributed by atoms with Crippen molar-refractivity contribution in [3.05, 3.63) is 58.6 Å². The number of para-hydroxylation sites is 1. The van der Waals surface area contributed by atoms with E-state index in [2.05, 4.69) is 0 Å². The lowest BCUT2D eigenvalue weighted by molar-refractivity contribution is 0.0697. The molecule has 2 rings (SSSR count). The Kier molecular flexibility index (Phi) is 3.53. The van der Waals surface area contributed by atoms with Crippen LogP contribution < -0.4 is 4.74 Å². The van der Waals surface area contributed by atoms with E-state index < -0.39 is 5.97 Å². The molecule has 0 saturated heterocycles. The van der Waals surface area contributed by atoms with Gasteiger partial charge in [-0.3, -0.25) is 0 Å². The molecule has 0 heterocycles. The number of hydrogen-bond donors (Lipinski definition) is 1. The second-order valence-electron chi connectivity index (χ2n) is 3.82. The summed E-state index contributed by atoms with van der Waals surface area (Å²) in [4.78, 5) is 10.8. The molecular formula is C14H11ClO3. The molecule has 1 N–H and O–H groups in total. The minimum Gasteiger partial charge on any atom is -0.478 e. The number of aryl methyl sites for hydroxylation is 1. The monoisotopic (exact) mass is 262 g/mol. The van der Waals surface area contributed by atoms with Crippen molar-refractivity contribution >= 4 is 17.6 Å². The summed E-state index contributed by atoms with van der Waals surface area (Å²) in [6.07, 6.45) is 0. The number of carboxylic acids is 1. The van der Waals surface area contributed by atoms with E-state index in [-0.39, 0.29) is 5.56 Å². The molecule has 0 aliphatic carbocycles. The number of aromatic carboxylic acids is 1. The minimum atomic E-state index is -0.956. The molecule has 92 valence electrons. The van der Waals surface area contributed by atoms with Crippen LogP contribution >= 0.6 is 11.6 Å². The van der Waals surface area contributed by atoms with Gasteiger partial charge in [0, 0.05) is 0 Å². The fourth-order valence-corrected chi connectivity index (χ4v) is 1.72. The molecule has 0 bridgehead atoms. The van der Waals surface area contributed by atoms with E-state index in [9.17, 15) is 4.79 Å². The predicted molar refractivity (Wildman–Crippen MR) is 69.7 cm³/mol. The quantitative estimate of drug-likeness (QED) is 0.904. The molecule has 0 amide bonds. The van der Waals surface area contributed by atoms with Crippen LogP contribution in [0.1, 0.15) is 15.9 Å². The highest BCUT2D eigenvalue weighted by atomic mass is 35.5. The predicted octanol–water partition coefficient (Wildman–Crippen LogP) is 4.14. The minimum absolute atomic E-state index is 0.235. The molecule has 0 fully saturated rings. The molecular weight excluding hydrogens is 252 g/mol. The van der Waals surface area contributed by atoms with Crippen molar-refractivity contribution in [2.75, 3.05) is 0 Å². The molecule has 0 unspecified atom stereocenters. The maximum atomic E-state index is 10.8. The first-order valence-electron chi connectivity index (χ1n) is 5.34. The Labute approximate surface area is 110 Å². The van der Waals surface area contributed by atoms with Gasteiger partial charge >= 0.3 is 5.97 Å². The number of benzene rings is 2. The number of ether oxygens (including phenoxy) is 1. The summed E-state index contributed by atoms with van der Waals surface area (Å²) in [7, 11) is 0. The van der Waals surface area contributed by atoms with Gasteiger partial charge in [-0.1, -0.05) is 23.7 Å². The fourth-order valence-electron chi connectivity index (χ4n) is 1.54. The third kappa shape index (κ3) is 2.63. The van der Waals surface area contributed by atoms with E-state index in [1.807, 2.05) is 12.1 Å². The maximum Gasteiger partial charge on any atom is 0.335 e. The summed E-state index contributed by atoms with van der Waals surface area (Å²) in [6, 6.07) is 11.8. The van der Waals surface area contributed by atoms with Gasteiger partial charge in [0.05, 0.1) is 10.6 Å². The average Bonchev–Trinajstić information content (AvgIpc) is 2.34. The number of rotatable bonds is 3. The van der Waals surface area contributed by atoms with Crippen LogP contribution in [-0.4, -0.2) is 11.1 Å². The van der Waals surface area contributed by atoms with Crippen molar-refractivity contribution < 1.29 is 14.6 Å². The van der Waals surface area contributed by atoms with Gasteiger partial charge in [-0.15, -0.1) is 0 Å². The third-order valence-corrected chi connectivity index (χ3v) is 2.79. The normalized spacial score (nSPS) is 10.1. The van der Waals surface area contributed by atoms with Gasteiger partial charge in [-0.25, -0.2) is 4.79 Å². The summed E-state index contributed by atoms with van der Waals surface area (Å²) < 4.78 is 5.65. The van der Waals surface area contributed by atoms with Crippen molar-refractivity contribution in [3.63, 3.8) is 0 Å². The van der Waals surface area contributed by atoms with Gasteiger partial charge < -0.3 is 9.84 Å². The van der Waals surface area contributed by atoms with Crippen molar-refractivity contribution in [2.45, 2.75) is 6.92 Å². The van der Waals surface area contributed by atoms with Gasteiger partial charge in [0.2, 0.25) is 0 Å². The highest BCUT2D eigenvalue weighted by Gasteiger charge is 2.08. The first-order valence-corrected chi connectivity index (χ1v) is 5.72. The van der Waals surface area contributed by atoms with E-state index >= 15 is 0 Å². The van der Waals surface area contributed by atoms with Crippen LogP contribution in [-0.2, 0) is 0 Å². The lowest BCUT2D eigenvalue weighted by atomic mass is 10.1. The Morgan fingerprint density at radius 3 is 2.50 bits per heavy atom. The molecule has 18 heavy (non-hydrogen) atoms. The molecule has 2 aromatic rings. The summed E-state index contributed by atoms with van der Waals surface area (Å²) in [6.45, 7) is 1.79. The number of halogens is 1. The SMILES string of the molecule is Cc1cc(C(=O)O)ccc1Oc1ccccc1Cl. The summed E-state index contributed by atoms with van der Waals surface area (Å²) >= 11 is 5.99. The largest absolute Gasteiger partial charge is 0.478 e. The Morgan fingerprint density at radius 1 is 1.17 bits per heavy atom. The van der Waals surface area contributed by atoms with E-state index in [0.717, 1.165) is 5.56 Å². The zero-order valence-corrected chi connectivity index (χ0v) is 10.4. The van der Waals surface area contributed by atoms with Crippen molar-refractivity contribution in [1.29, 1.82) is 0 Å². The molecule has 2 aromatic carbocycles. The van der Waals surface area contributed by atoms with E-state index in [0.29, 0.717) is 16.5 Å². The molecule has 0 spiro atoms. The van der Waals surface area contributed by atoms with Crippen molar-refractivity contribution in [3.8, 4) is 11.5 Å². The van der Waals surface area contributed by atoms with Crippen molar-refractivity contribution in [2.24, 2.45) is 0 Å². The summed E-state index contributed by atoms with van der Waals surface area (Å²) in [5.41, 5.74) is 0.980. The van der Waals surface area contributed by atoms with Gasteiger partial charge in [0.1, 0.15) is 11.5 Å². The Balaban J connectivity index is 2.30. The lowest BCUT2D eigenvalue weighted by Crippen LogP contribution is -1.97. The Hall–Kier alpha value is -2.00. The molecule has 0 aliphatic rings. The molecule has 0 saturated carbocycles. The van der Waals surface area contributed by atoms with Gasteiger partial charge in [0.25, 0.3) is 0 Å². The molecule has 0 atom stereocenters. The highest BCUT2D eigenvalue weighted by molar-refractivity contribution is 6.32. The first kappa shape index (κ1) is 12.5. The topological polar surface area (TPSA) is 46.5 Å². The van der Waals surface area contributed by atoms with Crippen LogP contribution in [0.5, 0.6) is 11.5 Å². The van der Waals surface area contributed by atoms with Gasteiger partial charge in [-0.2, -0.15) is 0 Å². The standard InChI is InChI=1S/C14H11ClO3/c1-9-8-10(14(16)17)6-7-12(9)18-13-5-3-2-4-11(13)15/h2-8H,1H3,(H,16,17). The molecule has 0 radical (unpaired) electrons. The van der Waals surface area contributed by atoms with Crippen LogP contribution in [0, 0.1) is 6.92 Å². The van der Waals surface area contributed by atoms with Crippen LogP contribution in [0.25, 0.3) is 0 Å². The van der Waals surface area contributed by atoms with Crippen LogP contribution in [0.2, 0.25) is 5.02 Å². The number of hydrogen-bond acceptors (Lipinski definition) is 2. The van der Waals surface area contributed by atoms with E-state index in [1.54, 1.807) is 31.2 Å². The number of carboxylic acid groups (broad SMARTS) is 1. The zero-order chi connectivity index (χ0) is 13.1. The van der Waals surface area contributed by atoms with Crippen molar-refractivity contribution in [1.82, 2.24) is 0 Å². The third-order valence-electron chi connectivity index (χ3n) is 2.48. The smallest absolute Gasteiger partial charge is 0.335 e. The maximum absolute atomic E-state index is 10.8. The second kappa shape index (κ2) is 5.10. The first-order chi connectivity index (χ1) is 8.58. The van der Waals surface area contributed by atoms with E-state index in [4.69, 9.17) is 21.4 Å². The Morgan fingerprint density at radius 2 is 1.89 bits per heavy atom. The van der Waals surface area contributed by atoms with Crippen LogP contribution in [0.15, 0.2) is 42.5 Å².